The molecule has 0 saturated heterocycles. The van der Waals surface area contributed by atoms with Gasteiger partial charge in [-0.3, -0.25) is 0 Å². The first kappa shape index (κ1) is 15.5. The number of nitriles is 1. The summed E-state index contributed by atoms with van der Waals surface area (Å²) in [6, 6.07) is 16.8. The topological polar surface area (TPSA) is 56.9 Å². The zero-order valence-corrected chi connectivity index (χ0v) is 14.3. The zero-order chi connectivity index (χ0) is 16.2. The molecule has 3 rings (SSSR count). The van der Waals surface area contributed by atoms with Gasteiger partial charge in [0.2, 0.25) is 0 Å². The van der Waals surface area contributed by atoms with Crippen LogP contribution >= 0.6 is 27.3 Å². The summed E-state index contributed by atoms with van der Waals surface area (Å²) in [6.07, 6.45) is 1.77. The lowest BCUT2D eigenvalue weighted by Crippen LogP contribution is -1.83. The van der Waals surface area contributed by atoms with Gasteiger partial charge in [0, 0.05) is 15.4 Å². The number of rotatable bonds is 3. The normalized spacial score (nSPS) is 11.2. The van der Waals surface area contributed by atoms with Crippen LogP contribution in [0.15, 0.2) is 58.4 Å². The van der Waals surface area contributed by atoms with E-state index >= 15 is 0 Å². The molecule has 2 aromatic carbocycles. The average Bonchev–Trinajstić information content (AvgIpc) is 3.04. The number of hydrogen-bond acceptors (Lipinski definition) is 4. The molecule has 23 heavy (non-hydrogen) atoms. The average molecular weight is 383 g/mol. The Morgan fingerprint density at radius 3 is 2.70 bits per heavy atom. The maximum Gasteiger partial charge on any atom is 0.134 e. The number of allylic oxidation sites excluding steroid dienone is 1. The Balaban J connectivity index is 1.94. The molecule has 0 fully saturated rings. The third kappa shape index (κ3) is 3.67. The van der Waals surface area contributed by atoms with Crippen molar-refractivity contribution in [3.63, 3.8) is 0 Å². The fourth-order valence-electron chi connectivity index (χ4n) is 2.06. The monoisotopic (exact) mass is 382 g/mol. The Morgan fingerprint density at radius 2 is 2.00 bits per heavy atom. The molecule has 0 aliphatic heterocycles. The van der Waals surface area contributed by atoms with Crippen molar-refractivity contribution in [2.45, 2.75) is 0 Å². The molecule has 1 aromatic heterocycles. The molecule has 0 saturated carbocycles. The van der Waals surface area contributed by atoms with Crippen LogP contribution in [0.25, 0.3) is 22.9 Å². The number of aromatic nitrogens is 1. The highest BCUT2D eigenvalue weighted by Gasteiger charge is 2.09. The number of aromatic hydroxyl groups is 1. The second kappa shape index (κ2) is 6.78. The first-order valence-electron chi connectivity index (χ1n) is 6.78. The number of nitrogens with zero attached hydrogens (tertiary/aromatic N) is 2. The van der Waals surface area contributed by atoms with E-state index in [4.69, 9.17) is 0 Å². The predicted molar refractivity (Wildman–Crippen MR) is 96.8 cm³/mol. The number of hydrogen-bond donors (Lipinski definition) is 1. The van der Waals surface area contributed by atoms with Crippen LogP contribution < -0.4 is 0 Å². The highest BCUT2D eigenvalue weighted by atomic mass is 79.9. The van der Waals surface area contributed by atoms with E-state index in [-0.39, 0.29) is 5.75 Å². The van der Waals surface area contributed by atoms with Crippen molar-refractivity contribution >= 4 is 38.9 Å². The lowest BCUT2D eigenvalue weighted by Gasteiger charge is -1.98. The van der Waals surface area contributed by atoms with E-state index in [9.17, 15) is 10.4 Å². The third-order valence-corrected chi connectivity index (χ3v) is 4.55. The molecule has 0 amide bonds. The summed E-state index contributed by atoms with van der Waals surface area (Å²) in [5.74, 6) is 0.201. The van der Waals surface area contributed by atoms with E-state index in [2.05, 4.69) is 27.0 Å². The molecule has 3 nitrogen and oxygen atoms in total. The summed E-state index contributed by atoms with van der Waals surface area (Å²) in [6.45, 7) is 0. The largest absolute Gasteiger partial charge is 0.508 e. The standard InChI is InChI=1S/C18H11BrN2OS/c19-15-3-1-2-13(9-15)17-11-23-18(21-17)14(10-20)8-12-4-6-16(22)7-5-12/h1-9,11,22H. The number of phenolic OH excluding ortho intramolecular Hbond substituents is 1. The molecule has 0 aliphatic rings. The number of benzene rings is 2. The highest BCUT2D eigenvalue weighted by molar-refractivity contribution is 9.10. The highest BCUT2D eigenvalue weighted by Crippen LogP contribution is 2.28. The number of phenols is 1. The van der Waals surface area contributed by atoms with E-state index in [1.54, 1.807) is 30.3 Å². The fraction of sp³-hybridized carbons (Fsp3) is 0. The van der Waals surface area contributed by atoms with Crippen LogP contribution in [-0.4, -0.2) is 10.1 Å². The maximum absolute atomic E-state index is 9.41. The van der Waals surface area contributed by atoms with Crippen molar-refractivity contribution in [3.05, 3.63) is 69.0 Å². The van der Waals surface area contributed by atoms with Gasteiger partial charge < -0.3 is 5.11 Å². The summed E-state index contributed by atoms with van der Waals surface area (Å²) in [4.78, 5) is 4.56. The number of thiazole rings is 1. The van der Waals surface area contributed by atoms with Crippen molar-refractivity contribution < 1.29 is 5.11 Å². The van der Waals surface area contributed by atoms with Crippen molar-refractivity contribution in [2.24, 2.45) is 0 Å². The molecular formula is C18H11BrN2OS. The van der Waals surface area contributed by atoms with Crippen molar-refractivity contribution in [2.75, 3.05) is 0 Å². The Bertz CT molecular complexity index is 907. The molecular weight excluding hydrogens is 372 g/mol. The van der Waals surface area contributed by atoms with Crippen LogP contribution in [0.5, 0.6) is 5.75 Å². The summed E-state index contributed by atoms with van der Waals surface area (Å²) >= 11 is 4.89. The summed E-state index contributed by atoms with van der Waals surface area (Å²) in [7, 11) is 0. The first-order chi connectivity index (χ1) is 11.2. The van der Waals surface area contributed by atoms with Crippen LogP contribution in [0.2, 0.25) is 0 Å². The third-order valence-electron chi connectivity index (χ3n) is 3.18. The van der Waals surface area contributed by atoms with Gasteiger partial charge in [-0.2, -0.15) is 5.26 Å². The van der Waals surface area contributed by atoms with Gasteiger partial charge >= 0.3 is 0 Å². The van der Waals surface area contributed by atoms with Crippen LogP contribution in [-0.2, 0) is 0 Å². The lowest BCUT2D eigenvalue weighted by molar-refractivity contribution is 0.475. The lowest BCUT2D eigenvalue weighted by atomic mass is 10.1. The molecule has 5 heteroatoms. The van der Waals surface area contributed by atoms with Crippen molar-refractivity contribution in [3.8, 4) is 23.1 Å². The van der Waals surface area contributed by atoms with Crippen LogP contribution in [0.3, 0.4) is 0 Å². The van der Waals surface area contributed by atoms with E-state index in [1.807, 2.05) is 29.6 Å². The molecule has 0 unspecified atom stereocenters. The Labute approximate surface area is 146 Å². The quantitative estimate of drug-likeness (QED) is 0.621. The van der Waals surface area contributed by atoms with E-state index in [0.29, 0.717) is 10.6 Å². The first-order valence-corrected chi connectivity index (χ1v) is 8.45. The van der Waals surface area contributed by atoms with Crippen molar-refractivity contribution in [1.29, 1.82) is 5.26 Å². The molecule has 1 N–H and O–H groups in total. The maximum atomic E-state index is 9.41. The molecule has 0 aliphatic carbocycles. The molecule has 3 aromatic rings. The summed E-state index contributed by atoms with van der Waals surface area (Å²) < 4.78 is 0.990. The van der Waals surface area contributed by atoms with Crippen LogP contribution in [0.1, 0.15) is 10.6 Å². The minimum atomic E-state index is 0.201. The predicted octanol–water partition coefficient (Wildman–Crippen LogP) is 5.34. The van der Waals surface area contributed by atoms with E-state index in [1.165, 1.54) is 11.3 Å². The van der Waals surface area contributed by atoms with E-state index in [0.717, 1.165) is 21.3 Å². The Kier molecular flexibility index (Phi) is 4.56. The van der Waals surface area contributed by atoms with E-state index < -0.39 is 0 Å². The van der Waals surface area contributed by atoms with Gasteiger partial charge in [-0.05, 0) is 35.9 Å². The summed E-state index contributed by atoms with van der Waals surface area (Å²) in [5, 5.41) is 21.3. The van der Waals surface area contributed by atoms with Crippen LogP contribution in [0, 0.1) is 11.3 Å². The molecule has 0 spiro atoms. The van der Waals surface area contributed by atoms with Gasteiger partial charge in [-0.15, -0.1) is 11.3 Å². The van der Waals surface area contributed by atoms with Crippen LogP contribution in [0.4, 0.5) is 0 Å². The van der Waals surface area contributed by atoms with Gasteiger partial charge in [0.25, 0.3) is 0 Å². The molecule has 112 valence electrons. The minimum absolute atomic E-state index is 0.201. The Morgan fingerprint density at radius 1 is 1.22 bits per heavy atom. The minimum Gasteiger partial charge on any atom is -0.508 e. The van der Waals surface area contributed by atoms with Gasteiger partial charge in [0.1, 0.15) is 16.8 Å². The second-order valence-electron chi connectivity index (χ2n) is 4.81. The fourth-order valence-corrected chi connectivity index (χ4v) is 3.25. The van der Waals surface area contributed by atoms with Gasteiger partial charge in [0.05, 0.1) is 11.3 Å². The SMILES string of the molecule is N#CC(=Cc1ccc(O)cc1)c1nc(-c2cccc(Br)c2)cs1. The molecule has 0 bridgehead atoms. The zero-order valence-electron chi connectivity index (χ0n) is 11.9. The number of halogens is 1. The van der Waals surface area contributed by atoms with Gasteiger partial charge in [-0.25, -0.2) is 4.98 Å². The molecule has 0 radical (unpaired) electrons. The second-order valence-corrected chi connectivity index (χ2v) is 6.58. The molecule has 1 heterocycles. The smallest absolute Gasteiger partial charge is 0.134 e. The van der Waals surface area contributed by atoms with Gasteiger partial charge in [-0.1, -0.05) is 40.2 Å². The Hall–Kier alpha value is -2.42. The van der Waals surface area contributed by atoms with Gasteiger partial charge in [0.15, 0.2) is 0 Å². The van der Waals surface area contributed by atoms with Crippen molar-refractivity contribution in [1.82, 2.24) is 4.98 Å². The molecule has 0 atom stereocenters. The summed E-state index contributed by atoms with van der Waals surface area (Å²) in [5.41, 5.74) is 3.20.